The van der Waals surface area contributed by atoms with Crippen molar-refractivity contribution in [3.63, 3.8) is 0 Å². The van der Waals surface area contributed by atoms with Crippen molar-refractivity contribution in [1.82, 2.24) is 14.5 Å². The van der Waals surface area contributed by atoms with Gasteiger partial charge in [-0.3, -0.25) is 9.78 Å². The van der Waals surface area contributed by atoms with E-state index in [9.17, 15) is 14.0 Å². The fraction of sp³-hybridized carbons (Fsp3) is 0. The molecular weight excluding hydrogens is 249 g/mol. The molecule has 0 aliphatic carbocycles. The number of rotatable bonds is 1. The summed E-state index contributed by atoms with van der Waals surface area (Å²) in [5.74, 6) is -0.404. The highest BCUT2D eigenvalue weighted by atomic mass is 19.1. The van der Waals surface area contributed by atoms with Crippen molar-refractivity contribution < 1.29 is 4.39 Å². The Morgan fingerprint density at radius 3 is 2.58 bits per heavy atom. The smallest absolute Gasteiger partial charge is 0.273 e. The van der Waals surface area contributed by atoms with Gasteiger partial charge in [0.05, 0.1) is 11.1 Å². The van der Waals surface area contributed by atoms with Gasteiger partial charge in [-0.1, -0.05) is 0 Å². The molecule has 5 nitrogen and oxygen atoms in total. The van der Waals surface area contributed by atoms with Gasteiger partial charge in [0.1, 0.15) is 5.82 Å². The predicted octanol–water partition coefficient (Wildman–Crippen LogP) is 1.21. The van der Waals surface area contributed by atoms with Crippen LogP contribution in [0.5, 0.6) is 0 Å². The van der Waals surface area contributed by atoms with E-state index in [0.717, 1.165) is 0 Å². The third kappa shape index (κ3) is 1.83. The molecule has 0 spiro atoms. The van der Waals surface area contributed by atoms with Crippen molar-refractivity contribution in [3.05, 3.63) is 69.3 Å². The minimum atomic E-state index is -0.609. The zero-order valence-corrected chi connectivity index (χ0v) is 9.63. The molecule has 2 heterocycles. The van der Waals surface area contributed by atoms with Crippen LogP contribution in [0.2, 0.25) is 0 Å². The maximum Gasteiger partial charge on any atom is 0.334 e. The number of fused-ring (bicyclic) bond motifs is 1. The second-order valence-electron chi connectivity index (χ2n) is 3.95. The lowest BCUT2D eigenvalue weighted by atomic mass is 10.3. The summed E-state index contributed by atoms with van der Waals surface area (Å²) in [6.07, 6.45) is 1.49. The molecule has 0 saturated carbocycles. The van der Waals surface area contributed by atoms with Crippen molar-refractivity contribution in [2.45, 2.75) is 0 Å². The van der Waals surface area contributed by atoms with Crippen molar-refractivity contribution in [2.75, 3.05) is 0 Å². The van der Waals surface area contributed by atoms with Crippen LogP contribution in [0.3, 0.4) is 0 Å². The van der Waals surface area contributed by atoms with Crippen LogP contribution in [-0.2, 0) is 0 Å². The molecule has 2 aromatic heterocycles. The molecule has 0 aliphatic heterocycles. The van der Waals surface area contributed by atoms with Gasteiger partial charge in [0, 0.05) is 6.20 Å². The van der Waals surface area contributed by atoms with Crippen LogP contribution in [0, 0.1) is 5.82 Å². The van der Waals surface area contributed by atoms with E-state index < -0.39 is 17.1 Å². The Labute approximate surface area is 106 Å². The molecule has 1 N–H and O–H groups in total. The molecule has 0 atom stereocenters. The maximum atomic E-state index is 12.9. The number of benzene rings is 1. The van der Waals surface area contributed by atoms with Crippen LogP contribution in [0.1, 0.15) is 0 Å². The molecule has 3 rings (SSSR count). The summed E-state index contributed by atoms with van der Waals surface area (Å²) in [6.45, 7) is 0. The van der Waals surface area contributed by atoms with E-state index in [2.05, 4.69) is 9.97 Å². The third-order valence-electron chi connectivity index (χ3n) is 2.75. The Hall–Kier alpha value is -2.76. The van der Waals surface area contributed by atoms with Gasteiger partial charge in [-0.05, 0) is 36.4 Å². The fourth-order valence-electron chi connectivity index (χ4n) is 1.90. The number of H-pyrrole nitrogens is 1. The van der Waals surface area contributed by atoms with Crippen LogP contribution >= 0.6 is 0 Å². The second-order valence-corrected chi connectivity index (χ2v) is 3.95. The normalized spacial score (nSPS) is 10.8. The molecular formula is C13H8FN3O2. The Balaban J connectivity index is 2.44. The van der Waals surface area contributed by atoms with Gasteiger partial charge in [0.2, 0.25) is 0 Å². The Kier molecular flexibility index (Phi) is 2.49. The van der Waals surface area contributed by atoms with E-state index in [4.69, 9.17) is 0 Å². The summed E-state index contributed by atoms with van der Waals surface area (Å²) in [4.78, 5) is 29.8. The lowest BCUT2D eigenvalue weighted by Crippen LogP contribution is -2.29. The van der Waals surface area contributed by atoms with Crippen molar-refractivity contribution >= 4 is 11.0 Å². The topological polar surface area (TPSA) is 67.8 Å². The number of hydrogen-bond donors (Lipinski definition) is 1. The van der Waals surface area contributed by atoms with Gasteiger partial charge >= 0.3 is 5.69 Å². The molecule has 0 aliphatic rings. The zero-order chi connectivity index (χ0) is 13.4. The largest absolute Gasteiger partial charge is 0.334 e. The minimum Gasteiger partial charge on any atom is -0.273 e. The quantitative estimate of drug-likeness (QED) is 0.712. The highest BCUT2D eigenvalue weighted by Gasteiger charge is 2.09. The first-order chi connectivity index (χ1) is 9.16. The summed E-state index contributed by atoms with van der Waals surface area (Å²) >= 11 is 0. The van der Waals surface area contributed by atoms with Gasteiger partial charge in [0.25, 0.3) is 5.56 Å². The lowest BCUT2D eigenvalue weighted by Gasteiger charge is -2.07. The summed E-state index contributed by atoms with van der Waals surface area (Å²) in [5.41, 5.74) is -0.427. The van der Waals surface area contributed by atoms with E-state index in [1.54, 1.807) is 12.1 Å². The van der Waals surface area contributed by atoms with E-state index in [0.29, 0.717) is 11.1 Å². The highest BCUT2D eigenvalue weighted by Crippen LogP contribution is 2.11. The number of aromatic amines is 1. The van der Waals surface area contributed by atoms with E-state index in [1.165, 1.54) is 35.0 Å². The summed E-state index contributed by atoms with van der Waals surface area (Å²) in [7, 11) is 0. The number of nitrogens with one attached hydrogen (secondary N) is 1. The molecule has 0 bridgehead atoms. The van der Waals surface area contributed by atoms with E-state index in [-0.39, 0.29) is 5.65 Å². The standard InChI is InChI=1S/C13H8FN3O2/c14-8-3-5-9(6-4-8)17-11-10(2-1-7-15-11)12(18)16-13(17)19/h1-7H,(H,16,18,19). The third-order valence-corrected chi connectivity index (χ3v) is 2.75. The van der Waals surface area contributed by atoms with Crippen LogP contribution in [0.25, 0.3) is 16.7 Å². The van der Waals surface area contributed by atoms with Gasteiger partial charge in [-0.25, -0.2) is 18.7 Å². The predicted molar refractivity (Wildman–Crippen MR) is 67.9 cm³/mol. The van der Waals surface area contributed by atoms with Crippen LogP contribution in [0.15, 0.2) is 52.2 Å². The Morgan fingerprint density at radius 1 is 1.11 bits per heavy atom. The summed E-state index contributed by atoms with van der Waals surface area (Å²) in [5, 5.41) is 0.298. The summed E-state index contributed by atoms with van der Waals surface area (Å²) in [6, 6.07) is 8.55. The van der Waals surface area contributed by atoms with Crippen molar-refractivity contribution in [3.8, 4) is 5.69 Å². The molecule has 94 valence electrons. The van der Waals surface area contributed by atoms with E-state index >= 15 is 0 Å². The first-order valence-electron chi connectivity index (χ1n) is 5.53. The molecule has 19 heavy (non-hydrogen) atoms. The monoisotopic (exact) mass is 257 g/mol. The van der Waals surface area contributed by atoms with Crippen LogP contribution in [0.4, 0.5) is 4.39 Å². The Bertz CT molecular complexity index is 865. The highest BCUT2D eigenvalue weighted by molar-refractivity contribution is 5.75. The molecule has 0 unspecified atom stereocenters. The van der Waals surface area contributed by atoms with Crippen LogP contribution < -0.4 is 11.2 Å². The number of nitrogens with zero attached hydrogens (tertiary/aromatic N) is 2. The molecule has 0 saturated heterocycles. The first-order valence-corrected chi connectivity index (χ1v) is 5.53. The number of hydrogen-bond acceptors (Lipinski definition) is 3. The number of pyridine rings is 1. The number of halogens is 1. The Morgan fingerprint density at radius 2 is 1.84 bits per heavy atom. The molecule has 3 aromatic rings. The molecule has 0 amide bonds. The van der Waals surface area contributed by atoms with Crippen molar-refractivity contribution in [2.24, 2.45) is 0 Å². The van der Waals surface area contributed by atoms with Crippen molar-refractivity contribution in [1.29, 1.82) is 0 Å². The van der Waals surface area contributed by atoms with E-state index in [1.807, 2.05) is 0 Å². The fourth-order valence-corrected chi connectivity index (χ4v) is 1.90. The zero-order valence-electron chi connectivity index (χ0n) is 9.63. The average Bonchev–Trinajstić information content (AvgIpc) is 2.41. The number of aromatic nitrogens is 3. The summed E-state index contributed by atoms with van der Waals surface area (Å²) < 4.78 is 14.2. The molecule has 1 aromatic carbocycles. The van der Waals surface area contributed by atoms with Gasteiger partial charge in [-0.2, -0.15) is 0 Å². The lowest BCUT2D eigenvalue weighted by molar-refractivity contribution is 0.627. The van der Waals surface area contributed by atoms with Gasteiger partial charge in [0.15, 0.2) is 5.65 Å². The van der Waals surface area contributed by atoms with Crippen LogP contribution in [-0.4, -0.2) is 14.5 Å². The second kappa shape index (κ2) is 4.16. The van der Waals surface area contributed by atoms with Gasteiger partial charge in [-0.15, -0.1) is 0 Å². The molecule has 0 radical (unpaired) electrons. The maximum absolute atomic E-state index is 12.9. The minimum absolute atomic E-state index is 0.239. The molecule has 6 heteroatoms. The molecule has 0 fully saturated rings. The SMILES string of the molecule is O=c1[nH]c(=O)n(-c2ccc(F)cc2)c2ncccc12. The first kappa shape index (κ1) is 11.3. The average molecular weight is 257 g/mol. The van der Waals surface area contributed by atoms with Gasteiger partial charge < -0.3 is 0 Å².